The van der Waals surface area contributed by atoms with Gasteiger partial charge in [-0.25, -0.2) is 0 Å². The fourth-order valence-corrected chi connectivity index (χ4v) is 3.95. The van der Waals surface area contributed by atoms with Crippen LogP contribution in [0.15, 0.2) is 24.3 Å². The minimum absolute atomic E-state index is 0.164. The van der Waals surface area contributed by atoms with Gasteiger partial charge in [0.1, 0.15) is 0 Å². The molecule has 1 aliphatic heterocycles. The Balaban J connectivity index is 1.68. The highest BCUT2D eigenvalue weighted by Gasteiger charge is 2.31. The van der Waals surface area contributed by atoms with Gasteiger partial charge in [-0.15, -0.1) is 0 Å². The number of nitrogens with zero attached hydrogens (tertiary/aromatic N) is 2. The molecule has 3 unspecified atom stereocenters. The van der Waals surface area contributed by atoms with Crippen molar-refractivity contribution in [1.29, 1.82) is 0 Å². The predicted octanol–water partition coefficient (Wildman–Crippen LogP) is 2.03. The van der Waals surface area contributed by atoms with E-state index >= 15 is 0 Å². The van der Waals surface area contributed by atoms with Crippen LogP contribution in [0.4, 0.5) is 0 Å². The highest BCUT2D eigenvalue weighted by Crippen LogP contribution is 2.31. The lowest BCUT2D eigenvalue weighted by atomic mass is 9.84. The van der Waals surface area contributed by atoms with Gasteiger partial charge in [0.2, 0.25) is 0 Å². The molecule has 0 aromatic heterocycles. The molecule has 110 valence electrons. The topological polar surface area (TPSA) is 32.5 Å². The van der Waals surface area contributed by atoms with E-state index in [0.717, 1.165) is 6.54 Å². The summed E-state index contributed by atoms with van der Waals surface area (Å²) in [6.45, 7) is 2.40. The lowest BCUT2D eigenvalue weighted by Crippen LogP contribution is -2.47. The molecule has 0 bridgehead atoms. The number of hydrogen-bond donors (Lipinski definition) is 1. The summed E-state index contributed by atoms with van der Waals surface area (Å²) in [4.78, 5) is 5.01. The molecule has 3 rings (SSSR count). The molecule has 20 heavy (non-hydrogen) atoms. The summed E-state index contributed by atoms with van der Waals surface area (Å²) in [5.74, 6) is 0. The first-order valence-corrected chi connectivity index (χ1v) is 7.90. The molecule has 1 fully saturated rings. The Bertz CT molecular complexity index is 459. The number of rotatable bonds is 3. The summed E-state index contributed by atoms with van der Waals surface area (Å²) in [7, 11) is 4.51. The number of benzene rings is 1. The molecule has 1 aromatic carbocycles. The third kappa shape index (κ3) is 2.62. The summed E-state index contributed by atoms with van der Waals surface area (Å²) in [5.41, 5.74) is 9.35. The number of likely N-dealkylation sites (N-methyl/N-ethyl adjacent to an activating group) is 2. The van der Waals surface area contributed by atoms with Crippen molar-refractivity contribution in [3.63, 3.8) is 0 Å². The zero-order chi connectivity index (χ0) is 14.1. The van der Waals surface area contributed by atoms with Crippen LogP contribution in [0.25, 0.3) is 0 Å². The highest BCUT2D eigenvalue weighted by atomic mass is 15.2. The lowest BCUT2D eigenvalue weighted by Gasteiger charge is -2.39. The molecule has 0 spiro atoms. The largest absolute Gasteiger partial charge is 0.323 e. The normalized spacial score (nSPS) is 30.7. The Kier molecular flexibility index (Phi) is 4.11. The van der Waals surface area contributed by atoms with Crippen LogP contribution < -0.4 is 5.73 Å². The van der Waals surface area contributed by atoms with E-state index in [1.165, 1.54) is 43.4 Å². The molecule has 2 aliphatic rings. The zero-order valence-corrected chi connectivity index (χ0v) is 12.8. The lowest BCUT2D eigenvalue weighted by molar-refractivity contribution is 0.147. The first-order valence-electron chi connectivity index (χ1n) is 7.90. The molecule has 0 radical (unpaired) electrons. The maximum absolute atomic E-state index is 6.55. The van der Waals surface area contributed by atoms with Crippen LogP contribution in [0.3, 0.4) is 0 Å². The van der Waals surface area contributed by atoms with E-state index < -0.39 is 0 Å². The van der Waals surface area contributed by atoms with E-state index in [-0.39, 0.29) is 6.04 Å². The number of aryl methyl sites for hydroxylation is 1. The van der Waals surface area contributed by atoms with E-state index in [1.54, 1.807) is 0 Å². The van der Waals surface area contributed by atoms with Crippen LogP contribution in [0, 0.1) is 0 Å². The van der Waals surface area contributed by atoms with Crippen molar-refractivity contribution in [2.75, 3.05) is 27.2 Å². The maximum atomic E-state index is 6.55. The molecule has 2 N–H and O–H groups in total. The van der Waals surface area contributed by atoms with Gasteiger partial charge in [-0.3, -0.25) is 4.90 Å². The zero-order valence-electron chi connectivity index (χ0n) is 12.8. The van der Waals surface area contributed by atoms with Gasteiger partial charge in [0.15, 0.2) is 0 Å². The van der Waals surface area contributed by atoms with Crippen molar-refractivity contribution < 1.29 is 0 Å². The Morgan fingerprint density at radius 3 is 2.85 bits per heavy atom. The smallest absolute Gasteiger partial charge is 0.0455 e. The second-order valence-corrected chi connectivity index (χ2v) is 6.55. The number of fused-ring (bicyclic) bond motifs is 1. The summed E-state index contributed by atoms with van der Waals surface area (Å²) in [6.07, 6.45) is 5.03. The van der Waals surface area contributed by atoms with Gasteiger partial charge in [-0.1, -0.05) is 24.3 Å². The summed E-state index contributed by atoms with van der Waals surface area (Å²) in [6, 6.07) is 10.0. The molecular formula is C17H27N3. The quantitative estimate of drug-likeness (QED) is 0.914. The van der Waals surface area contributed by atoms with Gasteiger partial charge < -0.3 is 10.6 Å². The number of nitrogens with two attached hydrogens (primary N) is 1. The molecule has 3 nitrogen and oxygen atoms in total. The fraction of sp³-hybridized carbons (Fsp3) is 0.647. The molecule has 1 aliphatic carbocycles. The minimum Gasteiger partial charge on any atom is -0.323 e. The van der Waals surface area contributed by atoms with Crippen LogP contribution >= 0.6 is 0 Å². The third-order valence-corrected chi connectivity index (χ3v) is 5.27. The molecule has 0 amide bonds. The Hall–Kier alpha value is -0.900. The average molecular weight is 273 g/mol. The molecule has 1 aromatic rings. The van der Waals surface area contributed by atoms with Crippen molar-refractivity contribution in [1.82, 2.24) is 9.80 Å². The molecule has 1 saturated heterocycles. The van der Waals surface area contributed by atoms with Gasteiger partial charge in [0.25, 0.3) is 0 Å². The molecule has 1 heterocycles. The summed E-state index contributed by atoms with van der Waals surface area (Å²) in [5, 5.41) is 0. The Morgan fingerprint density at radius 1 is 1.30 bits per heavy atom. The van der Waals surface area contributed by atoms with E-state index in [1.807, 2.05) is 0 Å². The van der Waals surface area contributed by atoms with Crippen LogP contribution in [0.5, 0.6) is 0 Å². The Labute approximate surface area is 122 Å². The van der Waals surface area contributed by atoms with E-state index in [9.17, 15) is 0 Å². The summed E-state index contributed by atoms with van der Waals surface area (Å²) < 4.78 is 0. The number of hydrogen-bond acceptors (Lipinski definition) is 3. The Morgan fingerprint density at radius 2 is 2.10 bits per heavy atom. The molecule has 0 saturated carbocycles. The predicted molar refractivity (Wildman–Crippen MR) is 83.8 cm³/mol. The SMILES string of the molecule is CN1CCCC1CN(C)C1CCc2ccccc2C1N. The average Bonchev–Trinajstić information content (AvgIpc) is 2.85. The van der Waals surface area contributed by atoms with Gasteiger partial charge in [-0.2, -0.15) is 0 Å². The highest BCUT2D eigenvalue weighted by molar-refractivity contribution is 5.33. The van der Waals surface area contributed by atoms with Crippen LogP contribution in [0.2, 0.25) is 0 Å². The van der Waals surface area contributed by atoms with Gasteiger partial charge in [0.05, 0.1) is 0 Å². The summed E-state index contributed by atoms with van der Waals surface area (Å²) >= 11 is 0. The second kappa shape index (κ2) is 5.84. The van der Waals surface area contributed by atoms with Gasteiger partial charge >= 0.3 is 0 Å². The monoisotopic (exact) mass is 273 g/mol. The van der Waals surface area contributed by atoms with Crippen molar-refractivity contribution >= 4 is 0 Å². The first kappa shape index (κ1) is 14.1. The third-order valence-electron chi connectivity index (χ3n) is 5.27. The molecular weight excluding hydrogens is 246 g/mol. The van der Waals surface area contributed by atoms with E-state index in [0.29, 0.717) is 12.1 Å². The van der Waals surface area contributed by atoms with Gasteiger partial charge in [0, 0.05) is 24.7 Å². The molecule has 3 atom stereocenters. The van der Waals surface area contributed by atoms with E-state index in [4.69, 9.17) is 5.73 Å². The maximum Gasteiger partial charge on any atom is 0.0455 e. The van der Waals surface area contributed by atoms with Crippen LogP contribution in [-0.2, 0) is 6.42 Å². The second-order valence-electron chi connectivity index (χ2n) is 6.55. The van der Waals surface area contributed by atoms with E-state index in [2.05, 4.69) is 48.2 Å². The fourth-order valence-electron chi connectivity index (χ4n) is 3.95. The minimum atomic E-state index is 0.164. The van der Waals surface area contributed by atoms with Crippen LogP contribution in [0.1, 0.15) is 36.4 Å². The molecule has 3 heteroatoms. The van der Waals surface area contributed by atoms with Gasteiger partial charge in [-0.05, 0) is 57.5 Å². The van der Waals surface area contributed by atoms with Crippen molar-refractivity contribution in [3.05, 3.63) is 35.4 Å². The standard InChI is InChI=1S/C17H27N3/c1-19-11-5-7-14(19)12-20(2)16-10-9-13-6-3-4-8-15(13)17(16)18/h3-4,6,8,14,16-17H,5,7,9-12,18H2,1-2H3. The number of likely N-dealkylation sites (tertiary alicyclic amines) is 1. The van der Waals surface area contributed by atoms with Crippen molar-refractivity contribution in [2.45, 2.75) is 43.8 Å². The van der Waals surface area contributed by atoms with Crippen LogP contribution in [-0.4, -0.2) is 49.1 Å². The first-order chi connectivity index (χ1) is 9.66. The van der Waals surface area contributed by atoms with Crippen molar-refractivity contribution in [3.8, 4) is 0 Å². The van der Waals surface area contributed by atoms with Crippen molar-refractivity contribution in [2.24, 2.45) is 5.73 Å².